The van der Waals surface area contributed by atoms with E-state index < -0.39 is 6.10 Å². The Balaban J connectivity index is 1.74. The summed E-state index contributed by atoms with van der Waals surface area (Å²) in [4.78, 5) is 20.2. The molecule has 0 saturated heterocycles. The Bertz CT molecular complexity index is 1500. The summed E-state index contributed by atoms with van der Waals surface area (Å²) < 4.78 is 2.99. The number of carbonyl (C=O) groups is 1. The van der Waals surface area contributed by atoms with Crippen molar-refractivity contribution < 1.29 is 9.90 Å². The lowest BCUT2D eigenvalue weighted by molar-refractivity contribution is 0.112. The predicted molar refractivity (Wildman–Crippen MR) is 143 cm³/mol. The molecule has 5 rings (SSSR count). The highest BCUT2D eigenvalue weighted by Gasteiger charge is 2.26. The molecule has 35 heavy (non-hydrogen) atoms. The van der Waals surface area contributed by atoms with Gasteiger partial charge in [0.15, 0.2) is 0 Å². The number of hydrogen-bond acceptors (Lipinski definition) is 6. The SMILES string of the molecule is C=C(C#Cc1ccncc1)c1c(NS)ccc2nc(-c3ccc(C=O)cc3)c3c(c12)CCC(O)C3. The summed E-state index contributed by atoms with van der Waals surface area (Å²) >= 11 is 4.34. The maximum absolute atomic E-state index is 11.1. The molecule has 172 valence electrons. The number of pyridine rings is 2. The summed E-state index contributed by atoms with van der Waals surface area (Å²) in [5, 5.41) is 11.5. The Kier molecular flexibility index (Phi) is 6.37. The average Bonchev–Trinajstić information content (AvgIpc) is 2.91. The maximum atomic E-state index is 11.1. The highest BCUT2D eigenvalue weighted by molar-refractivity contribution is 7.81. The fraction of sp³-hybridized carbons (Fsp3) is 0.138. The zero-order chi connectivity index (χ0) is 24.4. The van der Waals surface area contributed by atoms with Crippen molar-refractivity contribution in [2.45, 2.75) is 25.4 Å². The van der Waals surface area contributed by atoms with Crippen molar-refractivity contribution in [3.05, 3.63) is 95.3 Å². The minimum atomic E-state index is -0.431. The van der Waals surface area contributed by atoms with E-state index in [1.807, 2.05) is 36.4 Å². The first kappa shape index (κ1) is 22.9. The summed E-state index contributed by atoms with van der Waals surface area (Å²) in [5.74, 6) is 6.36. The van der Waals surface area contributed by atoms with E-state index in [2.05, 4.69) is 40.9 Å². The lowest BCUT2D eigenvalue weighted by Gasteiger charge is -2.26. The third-order valence-electron chi connectivity index (χ3n) is 6.32. The molecule has 1 aliphatic rings. The molecule has 0 radical (unpaired) electrons. The molecule has 0 saturated carbocycles. The monoisotopic (exact) mass is 477 g/mol. The Morgan fingerprint density at radius 1 is 1.11 bits per heavy atom. The third-order valence-corrected chi connectivity index (χ3v) is 6.56. The van der Waals surface area contributed by atoms with E-state index in [0.717, 1.165) is 56.4 Å². The van der Waals surface area contributed by atoms with Gasteiger partial charge in [0.1, 0.15) is 6.29 Å². The van der Waals surface area contributed by atoms with Crippen molar-refractivity contribution in [2.75, 3.05) is 4.72 Å². The van der Waals surface area contributed by atoms with Gasteiger partial charge < -0.3 is 9.83 Å². The molecular formula is C29H23N3O2S. The van der Waals surface area contributed by atoms with Gasteiger partial charge in [-0.15, -0.1) is 0 Å². The normalized spacial score (nSPS) is 14.5. The van der Waals surface area contributed by atoms with Gasteiger partial charge in [0, 0.05) is 52.0 Å². The van der Waals surface area contributed by atoms with Crippen LogP contribution in [0.1, 0.15) is 39.0 Å². The van der Waals surface area contributed by atoms with Crippen molar-refractivity contribution in [2.24, 2.45) is 0 Å². The van der Waals surface area contributed by atoms with Crippen LogP contribution in [0.25, 0.3) is 27.7 Å². The van der Waals surface area contributed by atoms with Gasteiger partial charge >= 0.3 is 0 Å². The number of allylic oxidation sites excluding steroid dienone is 1. The van der Waals surface area contributed by atoms with Gasteiger partial charge in [-0.05, 0) is 48.2 Å². The number of aromatic nitrogens is 2. The van der Waals surface area contributed by atoms with Crippen LogP contribution < -0.4 is 4.72 Å². The maximum Gasteiger partial charge on any atom is 0.150 e. The van der Waals surface area contributed by atoms with E-state index in [1.165, 1.54) is 0 Å². The molecule has 2 heterocycles. The molecule has 0 spiro atoms. The first-order valence-corrected chi connectivity index (χ1v) is 11.8. The number of anilines is 1. The second kappa shape index (κ2) is 9.75. The molecule has 0 bridgehead atoms. The zero-order valence-corrected chi connectivity index (χ0v) is 19.8. The molecule has 0 aliphatic heterocycles. The van der Waals surface area contributed by atoms with E-state index in [4.69, 9.17) is 4.98 Å². The molecule has 0 amide bonds. The fourth-order valence-electron chi connectivity index (χ4n) is 4.63. The van der Waals surface area contributed by atoms with Gasteiger partial charge in [0.2, 0.25) is 0 Å². The smallest absolute Gasteiger partial charge is 0.150 e. The summed E-state index contributed by atoms with van der Waals surface area (Å²) in [6.07, 6.45) is 5.70. The van der Waals surface area contributed by atoms with Crippen LogP contribution in [0.3, 0.4) is 0 Å². The van der Waals surface area contributed by atoms with Crippen LogP contribution in [-0.2, 0) is 12.8 Å². The lowest BCUT2D eigenvalue weighted by atomic mass is 9.82. The number of benzene rings is 2. The van der Waals surface area contributed by atoms with Gasteiger partial charge in [0.25, 0.3) is 0 Å². The molecule has 0 fully saturated rings. The van der Waals surface area contributed by atoms with Crippen molar-refractivity contribution in [1.29, 1.82) is 0 Å². The number of aliphatic hydroxyl groups is 1. The number of nitrogens with zero attached hydrogens (tertiary/aromatic N) is 2. The van der Waals surface area contributed by atoms with Gasteiger partial charge in [-0.1, -0.05) is 55.5 Å². The van der Waals surface area contributed by atoms with Crippen molar-refractivity contribution in [3.63, 3.8) is 0 Å². The van der Waals surface area contributed by atoms with E-state index in [9.17, 15) is 9.90 Å². The number of nitrogens with one attached hydrogen (secondary N) is 1. The van der Waals surface area contributed by atoms with Crippen LogP contribution in [0.15, 0.2) is 67.5 Å². The summed E-state index contributed by atoms with van der Waals surface area (Å²) in [6, 6.07) is 15.0. The Labute approximate surface area is 209 Å². The minimum Gasteiger partial charge on any atom is -0.393 e. The standard InChI is InChI=1S/C29H23N3O2S/c1-18(2-3-19-12-14-30-15-13-19)27-26(32-35)11-10-25-28(27)23-9-8-22(34)16-24(23)29(31-25)21-6-4-20(17-33)5-7-21/h4-7,10-15,17,22,32,34-35H,1,8-9,16H2. The zero-order valence-electron chi connectivity index (χ0n) is 19.0. The summed E-state index contributed by atoms with van der Waals surface area (Å²) in [7, 11) is 0. The molecule has 1 unspecified atom stereocenters. The second-order valence-electron chi connectivity index (χ2n) is 8.51. The van der Waals surface area contributed by atoms with Crippen LogP contribution in [0.4, 0.5) is 5.69 Å². The number of aryl methyl sites for hydroxylation is 1. The largest absolute Gasteiger partial charge is 0.393 e. The lowest BCUT2D eigenvalue weighted by Crippen LogP contribution is -2.21. The molecule has 2 aromatic heterocycles. The van der Waals surface area contributed by atoms with Gasteiger partial charge in [-0.25, -0.2) is 4.98 Å². The summed E-state index contributed by atoms with van der Waals surface area (Å²) in [5.41, 5.74) is 8.50. The number of aliphatic hydroxyl groups excluding tert-OH is 1. The third kappa shape index (κ3) is 4.44. The number of carbonyl (C=O) groups excluding carboxylic acids is 1. The van der Waals surface area contributed by atoms with Crippen LogP contribution in [0, 0.1) is 11.8 Å². The predicted octanol–water partition coefficient (Wildman–Crippen LogP) is 5.28. The number of aldehydes is 1. The molecule has 2 aromatic carbocycles. The van der Waals surface area contributed by atoms with Gasteiger partial charge in [0.05, 0.1) is 23.0 Å². The molecule has 2 N–H and O–H groups in total. The topological polar surface area (TPSA) is 75.1 Å². The highest BCUT2D eigenvalue weighted by Crippen LogP contribution is 2.40. The molecule has 6 heteroatoms. The van der Waals surface area contributed by atoms with Crippen molar-refractivity contribution >= 4 is 41.3 Å². The minimum absolute atomic E-state index is 0.431. The summed E-state index contributed by atoms with van der Waals surface area (Å²) in [6.45, 7) is 4.29. The molecular weight excluding hydrogens is 454 g/mol. The van der Waals surface area contributed by atoms with Gasteiger partial charge in [-0.3, -0.25) is 9.78 Å². The van der Waals surface area contributed by atoms with Crippen LogP contribution in [-0.4, -0.2) is 27.5 Å². The first-order valence-electron chi connectivity index (χ1n) is 11.3. The van der Waals surface area contributed by atoms with Crippen LogP contribution in [0.2, 0.25) is 0 Å². The van der Waals surface area contributed by atoms with Crippen molar-refractivity contribution in [3.8, 4) is 23.1 Å². The van der Waals surface area contributed by atoms with E-state index in [-0.39, 0.29) is 0 Å². The van der Waals surface area contributed by atoms with Gasteiger partial charge in [-0.2, -0.15) is 0 Å². The molecule has 1 aliphatic carbocycles. The number of rotatable bonds is 4. The average molecular weight is 478 g/mol. The fourth-order valence-corrected chi connectivity index (χ4v) is 4.81. The molecule has 1 atom stereocenters. The highest BCUT2D eigenvalue weighted by atomic mass is 32.1. The first-order chi connectivity index (χ1) is 17.1. The second-order valence-corrected chi connectivity index (χ2v) is 8.74. The Hall–Kier alpha value is -3.92. The quantitative estimate of drug-likeness (QED) is 0.212. The van der Waals surface area contributed by atoms with E-state index in [0.29, 0.717) is 30.4 Å². The Morgan fingerprint density at radius 2 is 1.89 bits per heavy atom. The molecule has 4 aromatic rings. The van der Waals surface area contributed by atoms with Crippen LogP contribution >= 0.6 is 12.8 Å². The van der Waals surface area contributed by atoms with Crippen LogP contribution in [0.5, 0.6) is 0 Å². The number of thiol groups is 1. The molecule has 5 nitrogen and oxygen atoms in total. The van der Waals surface area contributed by atoms with E-state index >= 15 is 0 Å². The Morgan fingerprint density at radius 3 is 2.60 bits per heavy atom. The number of fused-ring (bicyclic) bond motifs is 3. The number of hydrogen-bond donors (Lipinski definition) is 3. The van der Waals surface area contributed by atoms with E-state index in [1.54, 1.807) is 24.5 Å². The van der Waals surface area contributed by atoms with Crippen molar-refractivity contribution in [1.82, 2.24) is 9.97 Å².